The van der Waals surface area contributed by atoms with E-state index in [1.165, 1.54) is 0 Å². The third-order valence-corrected chi connectivity index (χ3v) is 4.10. The Kier molecular flexibility index (Phi) is 5.18. The van der Waals surface area contributed by atoms with Crippen molar-refractivity contribution in [1.29, 1.82) is 0 Å². The number of likely N-dealkylation sites (N-methyl/N-ethyl adjacent to an activating group) is 1. The first kappa shape index (κ1) is 13.9. The van der Waals surface area contributed by atoms with E-state index in [1.54, 1.807) is 7.11 Å². The van der Waals surface area contributed by atoms with Crippen LogP contribution in [0.5, 0.6) is 0 Å². The summed E-state index contributed by atoms with van der Waals surface area (Å²) in [6.07, 6.45) is 1.11. The first-order valence-electron chi connectivity index (χ1n) is 6.06. The SMILES string of the molecule is COCC(C)N(C)C(C)(CN)C1CCOC1. The second kappa shape index (κ2) is 5.96. The zero-order valence-electron chi connectivity index (χ0n) is 11.0. The second-order valence-electron chi connectivity index (χ2n) is 5.04. The Morgan fingerprint density at radius 1 is 1.62 bits per heavy atom. The average Bonchev–Trinajstić information content (AvgIpc) is 2.81. The van der Waals surface area contributed by atoms with Crippen molar-refractivity contribution < 1.29 is 9.47 Å². The maximum Gasteiger partial charge on any atom is 0.0615 e. The van der Waals surface area contributed by atoms with Crippen molar-refractivity contribution >= 4 is 0 Å². The smallest absolute Gasteiger partial charge is 0.0615 e. The Labute approximate surface area is 99.1 Å². The van der Waals surface area contributed by atoms with Crippen LogP contribution in [0, 0.1) is 5.92 Å². The van der Waals surface area contributed by atoms with Crippen LogP contribution in [0.25, 0.3) is 0 Å². The molecule has 3 unspecified atom stereocenters. The molecule has 4 heteroatoms. The molecular weight excluding hydrogens is 204 g/mol. The van der Waals surface area contributed by atoms with Crippen molar-refractivity contribution in [1.82, 2.24) is 4.90 Å². The molecule has 0 bridgehead atoms. The molecule has 1 saturated heterocycles. The van der Waals surface area contributed by atoms with Crippen LogP contribution in [0.1, 0.15) is 20.3 Å². The largest absolute Gasteiger partial charge is 0.383 e. The molecule has 0 aromatic rings. The van der Waals surface area contributed by atoms with Gasteiger partial charge < -0.3 is 15.2 Å². The minimum Gasteiger partial charge on any atom is -0.383 e. The summed E-state index contributed by atoms with van der Waals surface area (Å²) in [5.74, 6) is 0.529. The maximum atomic E-state index is 5.98. The highest BCUT2D eigenvalue weighted by Crippen LogP contribution is 2.31. The molecule has 0 spiro atoms. The van der Waals surface area contributed by atoms with Crippen molar-refractivity contribution in [3.8, 4) is 0 Å². The number of ether oxygens (including phenoxy) is 2. The summed E-state index contributed by atoms with van der Waals surface area (Å²) in [5, 5.41) is 0. The molecule has 0 radical (unpaired) electrons. The Bertz CT molecular complexity index is 207. The molecule has 0 aromatic heterocycles. The average molecular weight is 230 g/mol. The van der Waals surface area contributed by atoms with Crippen LogP contribution >= 0.6 is 0 Å². The van der Waals surface area contributed by atoms with Gasteiger partial charge in [0.05, 0.1) is 13.2 Å². The van der Waals surface area contributed by atoms with E-state index in [0.717, 1.165) is 26.2 Å². The van der Waals surface area contributed by atoms with Crippen LogP contribution in [0.2, 0.25) is 0 Å². The second-order valence-corrected chi connectivity index (χ2v) is 5.04. The Balaban J connectivity index is 2.69. The zero-order chi connectivity index (χ0) is 12.2. The van der Waals surface area contributed by atoms with Crippen molar-refractivity contribution in [3.63, 3.8) is 0 Å². The van der Waals surface area contributed by atoms with Gasteiger partial charge in [-0.2, -0.15) is 0 Å². The van der Waals surface area contributed by atoms with Crippen LogP contribution in [-0.2, 0) is 9.47 Å². The van der Waals surface area contributed by atoms with Gasteiger partial charge in [-0.15, -0.1) is 0 Å². The molecule has 1 aliphatic rings. The summed E-state index contributed by atoms with van der Waals surface area (Å²) < 4.78 is 10.7. The molecule has 1 rings (SSSR count). The minimum absolute atomic E-state index is 0.00838. The van der Waals surface area contributed by atoms with E-state index in [-0.39, 0.29) is 5.54 Å². The fourth-order valence-electron chi connectivity index (χ4n) is 2.48. The first-order valence-corrected chi connectivity index (χ1v) is 6.06. The van der Waals surface area contributed by atoms with Gasteiger partial charge in [-0.1, -0.05) is 0 Å². The summed E-state index contributed by atoms with van der Waals surface area (Å²) in [7, 11) is 3.87. The van der Waals surface area contributed by atoms with Crippen molar-refractivity contribution in [2.45, 2.75) is 31.8 Å². The quantitative estimate of drug-likeness (QED) is 0.730. The van der Waals surface area contributed by atoms with Gasteiger partial charge in [-0.05, 0) is 27.3 Å². The minimum atomic E-state index is 0.00838. The Morgan fingerprint density at radius 2 is 2.31 bits per heavy atom. The van der Waals surface area contributed by atoms with Crippen molar-refractivity contribution in [2.75, 3.05) is 40.5 Å². The maximum absolute atomic E-state index is 5.98. The van der Waals surface area contributed by atoms with Crippen LogP contribution in [0.15, 0.2) is 0 Å². The Hall–Kier alpha value is -0.160. The lowest BCUT2D eigenvalue weighted by Crippen LogP contribution is -2.58. The molecule has 1 aliphatic heterocycles. The monoisotopic (exact) mass is 230 g/mol. The molecule has 4 nitrogen and oxygen atoms in total. The summed E-state index contributed by atoms with van der Waals surface area (Å²) in [6.45, 7) is 7.50. The normalized spacial score (nSPS) is 27.0. The highest BCUT2D eigenvalue weighted by Gasteiger charge is 2.40. The predicted octanol–water partition coefficient (Wildman–Crippen LogP) is 0.707. The van der Waals surface area contributed by atoms with Gasteiger partial charge >= 0.3 is 0 Å². The van der Waals surface area contributed by atoms with E-state index in [0.29, 0.717) is 18.5 Å². The van der Waals surface area contributed by atoms with Crippen LogP contribution < -0.4 is 5.73 Å². The van der Waals surface area contributed by atoms with Crippen molar-refractivity contribution in [2.24, 2.45) is 11.7 Å². The number of rotatable bonds is 6. The van der Waals surface area contributed by atoms with Crippen LogP contribution in [-0.4, -0.2) is 57.0 Å². The molecule has 3 atom stereocenters. The summed E-state index contributed by atoms with van der Waals surface area (Å²) >= 11 is 0. The Morgan fingerprint density at radius 3 is 2.75 bits per heavy atom. The zero-order valence-corrected chi connectivity index (χ0v) is 11.0. The molecule has 16 heavy (non-hydrogen) atoms. The molecule has 2 N–H and O–H groups in total. The van der Waals surface area contributed by atoms with E-state index >= 15 is 0 Å². The summed E-state index contributed by atoms with van der Waals surface area (Å²) in [4.78, 5) is 2.34. The van der Waals surface area contributed by atoms with Gasteiger partial charge in [0.15, 0.2) is 0 Å². The fourth-order valence-corrected chi connectivity index (χ4v) is 2.48. The lowest BCUT2D eigenvalue weighted by molar-refractivity contribution is 0.00959. The number of nitrogens with zero attached hydrogens (tertiary/aromatic N) is 1. The molecule has 96 valence electrons. The standard InChI is InChI=1S/C12H26N2O2/c1-10(7-15-4)14(3)12(2,9-13)11-5-6-16-8-11/h10-11H,5-9,13H2,1-4H3. The third-order valence-electron chi connectivity index (χ3n) is 4.10. The van der Waals surface area contributed by atoms with Gasteiger partial charge in [0.25, 0.3) is 0 Å². The predicted molar refractivity (Wildman–Crippen MR) is 65.5 cm³/mol. The van der Waals surface area contributed by atoms with Gasteiger partial charge in [0.2, 0.25) is 0 Å². The van der Waals surface area contributed by atoms with E-state index in [9.17, 15) is 0 Å². The topological polar surface area (TPSA) is 47.7 Å². The molecule has 1 heterocycles. The van der Waals surface area contributed by atoms with Gasteiger partial charge in [-0.3, -0.25) is 4.90 Å². The molecule has 0 saturated carbocycles. The molecule has 0 aromatic carbocycles. The number of hydrogen-bond donors (Lipinski definition) is 1. The van der Waals surface area contributed by atoms with E-state index < -0.39 is 0 Å². The van der Waals surface area contributed by atoms with Crippen molar-refractivity contribution in [3.05, 3.63) is 0 Å². The molecule has 0 amide bonds. The number of methoxy groups -OCH3 is 1. The van der Waals surface area contributed by atoms with E-state index in [2.05, 4.69) is 25.8 Å². The summed E-state index contributed by atoms with van der Waals surface area (Å²) in [5.41, 5.74) is 5.99. The highest BCUT2D eigenvalue weighted by atomic mass is 16.5. The molecular formula is C12H26N2O2. The lowest BCUT2D eigenvalue weighted by atomic mass is 9.83. The summed E-state index contributed by atoms with van der Waals surface area (Å²) in [6, 6.07) is 0.374. The van der Waals surface area contributed by atoms with Gasteiger partial charge in [-0.25, -0.2) is 0 Å². The first-order chi connectivity index (χ1) is 7.56. The third kappa shape index (κ3) is 2.74. The highest BCUT2D eigenvalue weighted by molar-refractivity contribution is 4.95. The van der Waals surface area contributed by atoms with E-state index in [4.69, 9.17) is 15.2 Å². The fraction of sp³-hybridized carbons (Fsp3) is 1.00. The number of nitrogens with two attached hydrogens (primary N) is 1. The molecule has 1 fully saturated rings. The van der Waals surface area contributed by atoms with Gasteiger partial charge in [0.1, 0.15) is 0 Å². The number of hydrogen-bond acceptors (Lipinski definition) is 4. The van der Waals surface area contributed by atoms with Gasteiger partial charge in [0, 0.05) is 37.8 Å². The lowest BCUT2D eigenvalue weighted by Gasteiger charge is -2.45. The van der Waals surface area contributed by atoms with E-state index in [1.807, 2.05) is 0 Å². The van der Waals surface area contributed by atoms with Crippen LogP contribution in [0.3, 0.4) is 0 Å². The molecule has 0 aliphatic carbocycles. The van der Waals surface area contributed by atoms with Crippen LogP contribution in [0.4, 0.5) is 0 Å².